The van der Waals surface area contributed by atoms with Crippen LogP contribution in [0.1, 0.15) is 61.7 Å². The van der Waals surface area contributed by atoms with Crippen molar-refractivity contribution in [3.8, 4) is 0 Å². The Bertz CT molecular complexity index is 397. The van der Waals surface area contributed by atoms with Crippen molar-refractivity contribution >= 4 is 17.2 Å². The monoisotopic (exact) mass is 283 g/mol. The normalized spacial score (nSPS) is 13.0. The van der Waals surface area contributed by atoms with Crippen molar-refractivity contribution in [1.82, 2.24) is 5.32 Å². The van der Waals surface area contributed by atoms with Gasteiger partial charge in [-0.25, -0.2) is 0 Å². The molecule has 19 heavy (non-hydrogen) atoms. The number of nitrogens with one attached hydrogen (secondary N) is 1. The summed E-state index contributed by atoms with van der Waals surface area (Å²) in [6.07, 6.45) is 1.41. The molecule has 0 bridgehead atoms. The van der Waals surface area contributed by atoms with E-state index >= 15 is 0 Å². The summed E-state index contributed by atoms with van der Waals surface area (Å²) in [6.45, 7) is 8.63. The lowest BCUT2D eigenvalue weighted by Crippen LogP contribution is -2.36. The molecular formula is C15H25NO2S. The molecular weight excluding hydrogens is 258 g/mol. The summed E-state index contributed by atoms with van der Waals surface area (Å²) in [5, 5.41) is 14.8. The van der Waals surface area contributed by atoms with E-state index in [4.69, 9.17) is 0 Å². The molecule has 1 aromatic heterocycles. The van der Waals surface area contributed by atoms with Gasteiger partial charge in [-0.05, 0) is 28.8 Å². The fraction of sp³-hybridized carbons (Fsp3) is 0.667. The van der Waals surface area contributed by atoms with Gasteiger partial charge in [0.25, 0.3) is 5.91 Å². The lowest BCUT2D eigenvalue weighted by atomic mass is 9.96. The quantitative estimate of drug-likeness (QED) is 0.806. The van der Waals surface area contributed by atoms with E-state index < -0.39 is 6.10 Å². The van der Waals surface area contributed by atoms with Crippen LogP contribution in [0.3, 0.4) is 0 Å². The van der Waals surface area contributed by atoms with E-state index in [9.17, 15) is 9.90 Å². The fourth-order valence-electron chi connectivity index (χ4n) is 2.24. The summed E-state index contributed by atoms with van der Waals surface area (Å²) in [5.41, 5.74) is 1.08. The van der Waals surface area contributed by atoms with Crippen LogP contribution in [0.15, 0.2) is 11.4 Å². The molecule has 1 amide bonds. The maximum Gasteiger partial charge on any atom is 0.261 e. The lowest BCUT2D eigenvalue weighted by molar-refractivity contribution is 0.0819. The Morgan fingerprint density at radius 2 is 2.00 bits per heavy atom. The van der Waals surface area contributed by atoms with E-state index in [0.29, 0.717) is 12.5 Å². The van der Waals surface area contributed by atoms with Crippen LogP contribution in [0, 0.1) is 5.92 Å². The molecule has 0 spiro atoms. The Morgan fingerprint density at radius 3 is 2.53 bits per heavy atom. The van der Waals surface area contributed by atoms with Gasteiger partial charge in [-0.3, -0.25) is 4.79 Å². The van der Waals surface area contributed by atoms with Gasteiger partial charge < -0.3 is 10.4 Å². The molecule has 2 N–H and O–H groups in total. The average Bonchev–Trinajstić information content (AvgIpc) is 2.86. The summed E-state index contributed by atoms with van der Waals surface area (Å²) in [6, 6.07) is 2.00. The van der Waals surface area contributed by atoms with E-state index in [-0.39, 0.29) is 11.8 Å². The van der Waals surface area contributed by atoms with Gasteiger partial charge in [-0.1, -0.05) is 40.5 Å². The van der Waals surface area contributed by atoms with Crippen LogP contribution in [-0.4, -0.2) is 23.7 Å². The Morgan fingerprint density at radius 1 is 1.37 bits per heavy atom. The highest BCUT2D eigenvalue weighted by Gasteiger charge is 2.19. The highest BCUT2D eigenvalue weighted by molar-refractivity contribution is 7.12. The first-order valence-electron chi connectivity index (χ1n) is 7.04. The van der Waals surface area contributed by atoms with Crippen molar-refractivity contribution in [2.45, 2.75) is 52.6 Å². The number of carbonyl (C=O) groups is 1. The van der Waals surface area contributed by atoms with E-state index in [1.54, 1.807) is 0 Å². The number of aliphatic hydroxyl groups excluding tert-OH is 1. The first kappa shape index (κ1) is 16.2. The molecule has 0 aromatic carbocycles. The van der Waals surface area contributed by atoms with Gasteiger partial charge in [0.05, 0.1) is 11.0 Å². The summed E-state index contributed by atoms with van der Waals surface area (Å²) in [5.74, 6) is 0.535. The molecule has 1 unspecified atom stereocenters. The Labute approximate surface area is 120 Å². The molecule has 0 aliphatic rings. The Hall–Kier alpha value is -0.870. The van der Waals surface area contributed by atoms with Crippen molar-refractivity contribution < 1.29 is 9.90 Å². The first-order valence-corrected chi connectivity index (χ1v) is 7.92. The highest BCUT2D eigenvalue weighted by Crippen LogP contribution is 2.24. The molecule has 108 valence electrons. The van der Waals surface area contributed by atoms with E-state index in [2.05, 4.69) is 33.0 Å². The molecule has 1 atom stereocenters. The average molecular weight is 283 g/mol. The molecule has 0 saturated carbocycles. The van der Waals surface area contributed by atoms with Crippen LogP contribution in [0.2, 0.25) is 0 Å². The molecule has 3 nitrogen and oxygen atoms in total. The van der Waals surface area contributed by atoms with E-state index in [0.717, 1.165) is 23.3 Å². The third kappa shape index (κ3) is 4.32. The molecule has 0 aliphatic heterocycles. The highest BCUT2D eigenvalue weighted by atomic mass is 32.1. The predicted octanol–water partition coefficient (Wildman–Crippen LogP) is 3.40. The molecule has 1 aromatic rings. The summed E-state index contributed by atoms with van der Waals surface area (Å²) in [4.78, 5) is 12.9. The molecule has 0 aliphatic carbocycles. The number of thiophene rings is 1. The standard InChI is InChI=1S/C15H25NO2S/c1-5-11(6-2)13(17)9-16-15(18)14-12(10(3)4)7-8-19-14/h7-8,10-11,13,17H,5-6,9H2,1-4H3,(H,16,18). The second kappa shape index (κ2) is 7.65. The fourth-order valence-corrected chi connectivity index (χ4v) is 3.21. The van der Waals surface area contributed by atoms with Crippen LogP contribution < -0.4 is 5.32 Å². The SMILES string of the molecule is CCC(CC)C(O)CNC(=O)c1sccc1C(C)C. The van der Waals surface area contributed by atoms with Gasteiger partial charge in [0.1, 0.15) is 0 Å². The van der Waals surface area contributed by atoms with Gasteiger partial charge in [0.15, 0.2) is 0 Å². The number of carbonyl (C=O) groups excluding carboxylic acids is 1. The molecule has 0 saturated heterocycles. The number of hydrogen-bond donors (Lipinski definition) is 2. The van der Waals surface area contributed by atoms with Crippen LogP contribution in [-0.2, 0) is 0 Å². The smallest absolute Gasteiger partial charge is 0.261 e. The lowest BCUT2D eigenvalue weighted by Gasteiger charge is -2.20. The van der Waals surface area contributed by atoms with Gasteiger partial charge in [0, 0.05) is 6.54 Å². The zero-order valence-corrected chi connectivity index (χ0v) is 13.1. The van der Waals surface area contributed by atoms with Gasteiger partial charge >= 0.3 is 0 Å². The zero-order valence-electron chi connectivity index (χ0n) is 12.3. The maximum absolute atomic E-state index is 12.1. The van der Waals surface area contributed by atoms with Crippen LogP contribution in [0.4, 0.5) is 0 Å². The zero-order chi connectivity index (χ0) is 14.4. The molecule has 4 heteroatoms. The Balaban J connectivity index is 2.58. The predicted molar refractivity (Wildman–Crippen MR) is 80.8 cm³/mol. The van der Waals surface area contributed by atoms with Crippen molar-refractivity contribution in [2.24, 2.45) is 5.92 Å². The van der Waals surface area contributed by atoms with Crippen LogP contribution in [0.5, 0.6) is 0 Å². The third-order valence-electron chi connectivity index (χ3n) is 3.59. The molecule has 0 radical (unpaired) electrons. The summed E-state index contributed by atoms with van der Waals surface area (Å²) in [7, 11) is 0. The maximum atomic E-state index is 12.1. The summed E-state index contributed by atoms with van der Waals surface area (Å²) < 4.78 is 0. The topological polar surface area (TPSA) is 49.3 Å². The van der Waals surface area contributed by atoms with Crippen molar-refractivity contribution in [1.29, 1.82) is 0 Å². The number of aliphatic hydroxyl groups is 1. The minimum Gasteiger partial charge on any atom is -0.391 e. The van der Waals surface area contributed by atoms with Gasteiger partial charge in [-0.2, -0.15) is 0 Å². The Kier molecular flexibility index (Phi) is 6.52. The minimum atomic E-state index is -0.457. The van der Waals surface area contributed by atoms with Gasteiger partial charge in [0.2, 0.25) is 0 Å². The summed E-state index contributed by atoms with van der Waals surface area (Å²) >= 11 is 1.46. The number of hydrogen-bond acceptors (Lipinski definition) is 3. The van der Waals surface area contributed by atoms with Crippen LogP contribution >= 0.6 is 11.3 Å². The first-order chi connectivity index (χ1) is 9.01. The number of amides is 1. The second-order valence-electron chi connectivity index (χ2n) is 5.21. The van der Waals surface area contributed by atoms with Gasteiger partial charge in [-0.15, -0.1) is 11.3 Å². The van der Waals surface area contributed by atoms with E-state index in [1.165, 1.54) is 11.3 Å². The molecule has 1 heterocycles. The molecule has 1 rings (SSSR count). The van der Waals surface area contributed by atoms with Crippen molar-refractivity contribution in [2.75, 3.05) is 6.54 Å². The van der Waals surface area contributed by atoms with Crippen molar-refractivity contribution in [3.05, 3.63) is 21.9 Å². The number of rotatable bonds is 7. The van der Waals surface area contributed by atoms with E-state index in [1.807, 2.05) is 11.4 Å². The second-order valence-corrected chi connectivity index (χ2v) is 6.13. The largest absolute Gasteiger partial charge is 0.391 e. The molecule has 0 fully saturated rings. The minimum absolute atomic E-state index is 0.0660. The van der Waals surface area contributed by atoms with Crippen LogP contribution in [0.25, 0.3) is 0 Å². The third-order valence-corrected chi connectivity index (χ3v) is 4.52. The van der Waals surface area contributed by atoms with Crippen molar-refractivity contribution in [3.63, 3.8) is 0 Å².